The van der Waals surface area contributed by atoms with Crippen molar-refractivity contribution in [2.24, 2.45) is 7.05 Å². The van der Waals surface area contributed by atoms with Crippen molar-refractivity contribution in [3.05, 3.63) is 70.4 Å². The Morgan fingerprint density at radius 3 is 2.31 bits per heavy atom. The van der Waals surface area contributed by atoms with Gasteiger partial charge in [-0.1, -0.05) is 12.1 Å². The maximum absolute atomic E-state index is 13.7. The highest BCUT2D eigenvalue weighted by atomic mass is 32.2. The van der Waals surface area contributed by atoms with Gasteiger partial charge in [0.15, 0.2) is 0 Å². The first-order valence-electron chi connectivity index (χ1n) is 8.19. The molecule has 3 aromatic rings. The molecule has 154 valence electrons. The summed E-state index contributed by atoms with van der Waals surface area (Å²) in [4.78, 5) is 15.1. The van der Waals surface area contributed by atoms with Gasteiger partial charge in [0, 0.05) is 14.1 Å². The molecule has 0 radical (unpaired) electrons. The molecule has 29 heavy (non-hydrogen) atoms. The van der Waals surface area contributed by atoms with E-state index in [1.807, 2.05) is 0 Å². The topological polar surface area (TPSA) is 72.3 Å². The SMILES string of the molecule is CN(C(c1ccc(F)cc1)C(F)(F)F)S(=O)(=O)c1ccc2c(c1)ncc(=O)n2C. The van der Waals surface area contributed by atoms with Crippen molar-refractivity contribution in [3.8, 4) is 0 Å². The van der Waals surface area contributed by atoms with Crippen LogP contribution in [0.5, 0.6) is 0 Å². The molecule has 0 aliphatic heterocycles. The fourth-order valence-corrected chi connectivity index (χ4v) is 4.29. The van der Waals surface area contributed by atoms with E-state index in [4.69, 9.17) is 0 Å². The maximum atomic E-state index is 13.7. The first-order chi connectivity index (χ1) is 13.4. The highest BCUT2D eigenvalue weighted by Gasteiger charge is 2.47. The number of hydrogen-bond acceptors (Lipinski definition) is 4. The lowest BCUT2D eigenvalue weighted by atomic mass is 10.1. The van der Waals surface area contributed by atoms with E-state index >= 15 is 0 Å². The Labute approximate surface area is 163 Å². The molecule has 0 spiro atoms. The van der Waals surface area contributed by atoms with Crippen molar-refractivity contribution in [1.29, 1.82) is 0 Å². The van der Waals surface area contributed by atoms with E-state index in [1.54, 1.807) is 0 Å². The Balaban J connectivity index is 2.11. The largest absolute Gasteiger partial charge is 0.409 e. The van der Waals surface area contributed by atoms with Gasteiger partial charge in [-0.3, -0.25) is 4.79 Å². The van der Waals surface area contributed by atoms with E-state index < -0.39 is 44.1 Å². The zero-order chi connectivity index (χ0) is 21.6. The summed E-state index contributed by atoms with van der Waals surface area (Å²) < 4.78 is 81.5. The number of sulfonamides is 1. The third-order valence-corrected chi connectivity index (χ3v) is 6.31. The third kappa shape index (κ3) is 3.87. The highest BCUT2D eigenvalue weighted by molar-refractivity contribution is 7.89. The number of benzene rings is 2. The zero-order valence-corrected chi connectivity index (χ0v) is 16.0. The van der Waals surface area contributed by atoms with Crippen LogP contribution in [-0.4, -0.2) is 35.5 Å². The van der Waals surface area contributed by atoms with Crippen LogP contribution in [0.2, 0.25) is 0 Å². The van der Waals surface area contributed by atoms with E-state index in [9.17, 15) is 30.8 Å². The Hall–Kier alpha value is -2.79. The van der Waals surface area contributed by atoms with Crippen LogP contribution < -0.4 is 5.56 Å². The molecule has 0 aliphatic carbocycles. The van der Waals surface area contributed by atoms with Gasteiger partial charge in [-0.25, -0.2) is 17.8 Å². The van der Waals surface area contributed by atoms with Gasteiger partial charge >= 0.3 is 6.18 Å². The van der Waals surface area contributed by atoms with Crippen LogP contribution in [-0.2, 0) is 17.1 Å². The average Bonchev–Trinajstić information content (AvgIpc) is 2.65. The predicted molar refractivity (Wildman–Crippen MR) is 97.1 cm³/mol. The van der Waals surface area contributed by atoms with Gasteiger partial charge in [0.2, 0.25) is 10.0 Å². The van der Waals surface area contributed by atoms with E-state index in [0.29, 0.717) is 5.52 Å². The van der Waals surface area contributed by atoms with Gasteiger partial charge in [0.05, 0.1) is 22.1 Å². The molecule has 0 aliphatic rings. The first kappa shape index (κ1) is 20.9. The van der Waals surface area contributed by atoms with Gasteiger partial charge in [-0.2, -0.15) is 17.5 Å². The van der Waals surface area contributed by atoms with E-state index in [0.717, 1.165) is 49.6 Å². The van der Waals surface area contributed by atoms with E-state index in [2.05, 4.69) is 4.98 Å². The van der Waals surface area contributed by atoms with Crippen LogP contribution in [0.15, 0.2) is 58.4 Å². The summed E-state index contributed by atoms with van der Waals surface area (Å²) in [5, 5.41) is 0. The molecule has 3 rings (SSSR count). The Kier molecular flexibility index (Phi) is 5.22. The molecule has 1 atom stereocenters. The number of fused-ring (bicyclic) bond motifs is 1. The number of rotatable bonds is 4. The lowest BCUT2D eigenvalue weighted by Gasteiger charge is -2.29. The summed E-state index contributed by atoms with van der Waals surface area (Å²) in [6.07, 6.45) is -3.96. The molecule has 0 N–H and O–H groups in total. The molecular weight excluding hydrogens is 414 g/mol. The summed E-state index contributed by atoms with van der Waals surface area (Å²) >= 11 is 0. The first-order valence-corrected chi connectivity index (χ1v) is 9.63. The standard InChI is InChI=1S/C18H15F4N3O3S/c1-24-15-8-7-13(9-14(15)23-10-16(24)26)29(27,28)25(2)17(18(20,21)22)11-3-5-12(19)6-4-11/h3-10,17H,1-2H3. The van der Waals surface area contributed by atoms with Crippen LogP contribution in [0.1, 0.15) is 11.6 Å². The van der Waals surface area contributed by atoms with Crippen molar-refractivity contribution in [2.45, 2.75) is 17.1 Å². The Morgan fingerprint density at radius 1 is 1.10 bits per heavy atom. The van der Waals surface area contributed by atoms with Crippen LogP contribution in [0, 0.1) is 5.82 Å². The number of hydrogen-bond donors (Lipinski definition) is 0. The number of aromatic nitrogens is 2. The molecular formula is C18H15F4N3O3S. The summed E-state index contributed by atoms with van der Waals surface area (Å²) in [7, 11) is -2.34. The minimum atomic E-state index is -4.95. The van der Waals surface area contributed by atoms with Crippen molar-refractivity contribution in [1.82, 2.24) is 13.9 Å². The van der Waals surface area contributed by atoms with Gasteiger partial charge in [-0.15, -0.1) is 0 Å². The smallest absolute Gasteiger partial charge is 0.309 e. The molecule has 1 unspecified atom stereocenters. The lowest BCUT2D eigenvalue weighted by molar-refractivity contribution is -0.171. The molecule has 0 saturated heterocycles. The van der Waals surface area contributed by atoms with Crippen molar-refractivity contribution in [3.63, 3.8) is 0 Å². The van der Waals surface area contributed by atoms with Crippen LogP contribution in [0.4, 0.5) is 17.6 Å². The quantitative estimate of drug-likeness (QED) is 0.598. The van der Waals surface area contributed by atoms with E-state index in [1.165, 1.54) is 17.7 Å². The normalized spacial score (nSPS) is 13.8. The van der Waals surface area contributed by atoms with Crippen molar-refractivity contribution >= 4 is 21.1 Å². The molecule has 6 nitrogen and oxygen atoms in total. The number of nitrogens with zero attached hydrogens (tertiary/aromatic N) is 3. The number of alkyl halides is 3. The van der Waals surface area contributed by atoms with Gasteiger partial charge in [0.1, 0.15) is 11.9 Å². The summed E-state index contributed by atoms with van der Waals surface area (Å²) in [6.45, 7) is 0. The molecule has 0 amide bonds. The molecule has 2 aromatic carbocycles. The Morgan fingerprint density at radius 2 is 1.72 bits per heavy atom. The summed E-state index contributed by atoms with van der Waals surface area (Å²) in [6, 6.07) is 4.41. The average molecular weight is 429 g/mol. The fraction of sp³-hybridized carbons (Fsp3) is 0.222. The van der Waals surface area contributed by atoms with Crippen molar-refractivity contribution in [2.75, 3.05) is 7.05 Å². The van der Waals surface area contributed by atoms with E-state index in [-0.39, 0.29) is 9.82 Å². The Bertz CT molecular complexity index is 1220. The van der Waals surface area contributed by atoms with Gasteiger partial charge in [0.25, 0.3) is 5.56 Å². The minimum absolute atomic E-state index is 0.131. The van der Waals surface area contributed by atoms with Gasteiger partial charge in [-0.05, 0) is 35.9 Å². The maximum Gasteiger partial charge on any atom is 0.409 e. The second-order valence-corrected chi connectivity index (χ2v) is 8.32. The summed E-state index contributed by atoms with van der Waals surface area (Å²) in [5.41, 5.74) is -0.387. The fourth-order valence-electron chi connectivity index (χ4n) is 2.94. The second-order valence-electron chi connectivity index (χ2n) is 6.32. The van der Waals surface area contributed by atoms with Crippen LogP contribution in [0.3, 0.4) is 0 Å². The highest BCUT2D eigenvalue weighted by Crippen LogP contribution is 2.39. The molecule has 1 aromatic heterocycles. The predicted octanol–water partition coefficient (Wildman–Crippen LogP) is 3.00. The number of aryl methyl sites for hydroxylation is 1. The van der Waals surface area contributed by atoms with Gasteiger partial charge < -0.3 is 4.57 Å². The molecule has 11 heteroatoms. The number of halogens is 4. The minimum Gasteiger partial charge on any atom is -0.309 e. The molecule has 0 fully saturated rings. The monoisotopic (exact) mass is 429 g/mol. The summed E-state index contributed by atoms with van der Waals surface area (Å²) in [5.74, 6) is -0.744. The third-order valence-electron chi connectivity index (χ3n) is 4.49. The zero-order valence-electron chi connectivity index (χ0n) is 15.2. The van der Waals surface area contributed by atoms with Crippen molar-refractivity contribution < 1.29 is 26.0 Å². The molecule has 0 bridgehead atoms. The van der Waals surface area contributed by atoms with Crippen LogP contribution >= 0.6 is 0 Å². The van der Waals surface area contributed by atoms with Crippen LogP contribution in [0.25, 0.3) is 11.0 Å². The molecule has 0 saturated carbocycles. The second kappa shape index (κ2) is 7.23. The molecule has 1 heterocycles. The lowest BCUT2D eigenvalue weighted by Crippen LogP contribution is -2.39.